The number of nitrogens with zero attached hydrogens (tertiary/aromatic N) is 1. The van der Waals surface area contributed by atoms with Crippen molar-refractivity contribution in [2.45, 2.75) is 6.43 Å². The van der Waals surface area contributed by atoms with E-state index in [1.165, 1.54) is 0 Å². The lowest BCUT2D eigenvalue weighted by Gasteiger charge is -2.03. The van der Waals surface area contributed by atoms with Crippen LogP contribution < -0.4 is 0 Å². The van der Waals surface area contributed by atoms with Crippen molar-refractivity contribution in [3.8, 4) is 0 Å². The molecule has 12 heavy (non-hydrogen) atoms. The van der Waals surface area contributed by atoms with E-state index in [1.54, 1.807) is 0 Å². The summed E-state index contributed by atoms with van der Waals surface area (Å²) in [5, 5.41) is 0. The van der Waals surface area contributed by atoms with Crippen LogP contribution in [-0.4, -0.2) is 4.98 Å². The maximum atomic E-state index is 12.5. The van der Waals surface area contributed by atoms with E-state index in [1.807, 2.05) is 0 Å². The van der Waals surface area contributed by atoms with Gasteiger partial charge in [0.15, 0.2) is 5.82 Å². The Hall–Kier alpha value is -0.650. The number of hydrogen-bond acceptors (Lipinski definition) is 1. The number of halogens is 5. The normalized spacial score (nSPS) is 10.8. The summed E-state index contributed by atoms with van der Waals surface area (Å²) in [7, 11) is 0. The number of aromatic nitrogens is 1. The van der Waals surface area contributed by atoms with Gasteiger partial charge in [-0.15, -0.1) is 0 Å². The Morgan fingerprint density at radius 3 is 2.33 bits per heavy atom. The van der Waals surface area contributed by atoms with Gasteiger partial charge in [0.1, 0.15) is 0 Å². The Balaban J connectivity index is 3.33. The smallest absolute Gasteiger partial charge is 0.224 e. The summed E-state index contributed by atoms with van der Waals surface area (Å²) in [6.07, 6.45) is -2.64. The van der Waals surface area contributed by atoms with Gasteiger partial charge in [0.2, 0.25) is 5.95 Å². The number of hydrogen-bond donors (Lipinski definition) is 0. The Kier molecular flexibility index (Phi) is 2.66. The van der Waals surface area contributed by atoms with Gasteiger partial charge < -0.3 is 0 Å². The van der Waals surface area contributed by atoms with Crippen LogP contribution in [0.4, 0.5) is 17.6 Å². The monoisotopic (exact) mass is 243 g/mol. The molecular formula is C6H2BrF4N. The van der Waals surface area contributed by atoms with E-state index in [0.29, 0.717) is 6.20 Å². The zero-order chi connectivity index (χ0) is 9.30. The molecule has 0 aliphatic rings. The number of alkyl halides is 2. The summed E-state index contributed by atoms with van der Waals surface area (Å²) < 4.78 is 48.4. The van der Waals surface area contributed by atoms with Gasteiger partial charge in [-0.3, -0.25) is 0 Å². The minimum Gasteiger partial charge on any atom is -0.224 e. The van der Waals surface area contributed by atoms with Gasteiger partial charge in [-0.25, -0.2) is 18.2 Å². The van der Waals surface area contributed by atoms with E-state index in [9.17, 15) is 17.6 Å². The predicted molar refractivity (Wildman–Crippen MR) is 36.8 cm³/mol. The van der Waals surface area contributed by atoms with Crippen LogP contribution in [0.3, 0.4) is 0 Å². The molecule has 0 radical (unpaired) electrons. The van der Waals surface area contributed by atoms with Crippen LogP contribution in [0.15, 0.2) is 10.7 Å². The number of pyridine rings is 1. The molecule has 1 aromatic heterocycles. The van der Waals surface area contributed by atoms with Gasteiger partial charge in [-0.1, -0.05) is 0 Å². The van der Waals surface area contributed by atoms with Crippen molar-refractivity contribution in [3.05, 3.63) is 28.0 Å². The highest BCUT2D eigenvalue weighted by Gasteiger charge is 2.20. The minimum absolute atomic E-state index is 0.418. The molecule has 0 aliphatic heterocycles. The average Bonchev–Trinajstić information content (AvgIpc) is 1.97. The van der Waals surface area contributed by atoms with Crippen LogP contribution in [0, 0.1) is 11.8 Å². The van der Waals surface area contributed by atoms with Gasteiger partial charge >= 0.3 is 0 Å². The molecule has 6 heteroatoms. The van der Waals surface area contributed by atoms with Crippen LogP contribution in [0.25, 0.3) is 0 Å². The molecule has 66 valence electrons. The van der Waals surface area contributed by atoms with Crippen molar-refractivity contribution >= 4 is 15.9 Å². The van der Waals surface area contributed by atoms with Gasteiger partial charge in [0, 0.05) is 0 Å². The summed E-state index contributed by atoms with van der Waals surface area (Å²) in [5.41, 5.74) is -0.998. The van der Waals surface area contributed by atoms with Gasteiger partial charge in [0.25, 0.3) is 6.43 Å². The third-order valence-electron chi connectivity index (χ3n) is 1.18. The third-order valence-corrected chi connectivity index (χ3v) is 1.94. The van der Waals surface area contributed by atoms with Crippen LogP contribution in [0.5, 0.6) is 0 Å². The predicted octanol–water partition coefficient (Wildman–Crippen LogP) is 3.06. The first-order valence-electron chi connectivity index (χ1n) is 2.81. The highest BCUT2D eigenvalue weighted by Crippen LogP contribution is 2.30. The van der Waals surface area contributed by atoms with E-state index >= 15 is 0 Å². The van der Waals surface area contributed by atoms with Gasteiger partial charge in [0.05, 0.1) is 16.2 Å². The molecule has 0 N–H and O–H groups in total. The Morgan fingerprint density at radius 1 is 1.33 bits per heavy atom. The average molecular weight is 244 g/mol. The van der Waals surface area contributed by atoms with Gasteiger partial charge in [-0.05, 0) is 15.9 Å². The van der Waals surface area contributed by atoms with Crippen molar-refractivity contribution in [2.24, 2.45) is 0 Å². The van der Waals surface area contributed by atoms with Crippen molar-refractivity contribution in [2.75, 3.05) is 0 Å². The molecule has 1 heterocycles. The van der Waals surface area contributed by atoms with Crippen LogP contribution in [0.2, 0.25) is 0 Å². The van der Waals surface area contributed by atoms with Crippen LogP contribution >= 0.6 is 15.9 Å². The molecule has 0 bridgehead atoms. The molecular weight excluding hydrogens is 242 g/mol. The summed E-state index contributed by atoms with van der Waals surface area (Å²) in [4.78, 5) is 2.90. The van der Waals surface area contributed by atoms with E-state index in [4.69, 9.17) is 0 Å². The van der Waals surface area contributed by atoms with Crippen LogP contribution in [0.1, 0.15) is 12.0 Å². The van der Waals surface area contributed by atoms with E-state index in [-0.39, 0.29) is 0 Å². The van der Waals surface area contributed by atoms with E-state index in [2.05, 4.69) is 20.9 Å². The molecule has 1 rings (SSSR count). The van der Waals surface area contributed by atoms with E-state index in [0.717, 1.165) is 0 Å². The van der Waals surface area contributed by atoms with E-state index < -0.39 is 28.2 Å². The fourth-order valence-corrected chi connectivity index (χ4v) is 1.12. The summed E-state index contributed by atoms with van der Waals surface area (Å²) in [6.45, 7) is 0. The van der Waals surface area contributed by atoms with Crippen LogP contribution in [-0.2, 0) is 0 Å². The van der Waals surface area contributed by atoms with Crippen molar-refractivity contribution in [1.29, 1.82) is 0 Å². The zero-order valence-electron chi connectivity index (χ0n) is 5.49. The quantitative estimate of drug-likeness (QED) is 0.546. The molecule has 0 saturated carbocycles. The molecule has 0 aromatic carbocycles. The lowest BCUT2D eigenvalue weighted by molar-refractivity contribution is 0.144. The highest BCUT2D eigenvalue weighted by atomic mass is 79.9. The first-order valence-corrected chi connectivity index (χ1v) is 3.61. The highest BCUT2D eigenvalue weighted by molar-refractivity contribution is 9.10. The Bertz CT molecular complexity index is 302. The fourth-order valence-electron chi connectivity index (χ4n) is 0.656. The Morgan fingerprint density at radius 2 is 1.92 bits per heavy atom. The topological polar surface area (TPSA) is 12.9 Å². The molecule has 0 unspecified atom stereocenters. The first kappa shape index (κ1) is 9.44. The zero-order valence-corrected chi connectivity index (χ0v) is 7.08. The lowest BCUT2D eigenvalue weighted by atomic mass is 10.3. The van der Waals surface area contributed by atoms with Crippen molar-refractivity contribution in [1.82, 2.24) is 4.98 Å². The first-order chi connectivity index (χ1) is 5.54. The molecule has 0 fully saturated rings. The molecule has 1 nitrogen and oxygen atoms in total. The maximum absolute atomic E-state index is 12.5. The lowest BCUT2D eigenvalue weighted by Crippen LogP contribution is -1.97. The molecule has 0 atom stereocenters. The number of rotatable bonds is 1. The molecule has 1 aromatic rings. The fraction of sp³-hybridized carbons (Fsp3) is 0.167. The van der Waals surface area contributed by atoms with Crippen molar-refractivity contribution in [3.63, 3.8) is 0 Å². The second kappa shape index (κ2) is 3.38. The summed E-state index contributed by atoms with van der Waals surface area (Å²) >= 11 is 2.47. The van der Waals surface area contributed by atoms with Crippen molar-refractivity contribution < 1.29 is 17.6 Å². The SMILES string of the molecule is Fc1cnc(F)c(Br)c1C(F)F. The summed E-state index contributed by atoms with van der Waals surface area (Å²) in [6, 6.07) is 0. The molecule has 0 amide bonds. The maximum Gasteiger partial charge on any atom is 0.267 e. The van der Waals surface area contributed by atoms with Gasteiger partial charge in [-0.2, -0.15) is 4.39 Å². The molecule has 0 spiro atoms. The molecule has 0 saturated heterocycles. The Labute approximate surface area is 73.5 Å². The summed E-state index contributed by atoms with van der Waals surface area (Å²) in [5.74, 6) is -2.37. The largest absolute Gasteiger partial charge is 0.267 e. The second-order valence-electron chi connectivity index (χ2n) is 1.93. The standard InChI is InChI=1S/C6H2BrF4N/c7-4-3(5(9)10)2(8)1-12-6(4)11/h1,5H. The second-order valence-corrected chi connectivity index (χ2v) is 2.72. The molecule has 0 aliphatic carbocycles. The third kappa shape index (κ3) is 1.57. The minimum atomic E-state index is -3.06.